The van der Waals surface area contributed by atoms with E-state index < -0.39 is 0 Å². The Hall–Kier alpha value is -1.59. The molecular formula is C19H27N3O2. The molecule has 5 nitrogen and oxygen atoms in total. The lowest BCUT2D eigenvalue weighted by atomic mass is 9.85. The predicted molar refractivity (Wildman–Crippen MR) is 95.2 cm³/mol. The van der Waals surface area contributed by atoms with E-state index in [2.05, 4.69) is 14.8 Å². The summed E-state index contributed by atoms with van der Waals surface area (Å²) in [6.07, 6.45) is 6.14. The monoisotopic (exact) mass is 329 g/mol. The highest BCUT2D eigenvalue weighted by atomic mass is 16.4. The number of aliphatic hydroxyl groups excluding tert-OH is 1. The second-order valence-electron chi connectivity index (χ2n) is 7.22. The molecule has 2 aromatic rings. The zero-order valence-corrected chi connectivity index (χ0v) is 14.2. The molecule has 2 fully saturated rings. The van der Waals surface area contributed by atoms with E-state index in [0.717, 1.165) is 49.8 Å². The van der Waals surface area contributed by atoms with Gasteiger partial charge in [0.05, 0.1) is 6.10 Å². The van der Waals surface area contributed by atoms with Gasteiger partial charge in [0.25, 0.3) is 6.01 Å². The van der Waals surface area contributed by atoms with Gasteiger partial charge in [0, 0.05) is 32.7 Å². The fraction of sp³-hybridized carbons (Fsp3) is 0.632. The average molecular weight is 329 g/mol. The third-order valence-corrected chi connectivity index (χ3v) is 5.56. The van der Waals surface area contributed by atoms with Crippen LogP contribution < -0.4 is 4.90 Å². The van der Waals surface area contributed by atoms with E-state index in [-0.39, 0.29) is 6.10 Å². The van der Waals surface area contributed by atoms with Crippen LogP contribution in [0.2, 0.25) is 0 Å². The number of hydrogen-bond acceptors (Lipinski definition) is 5. The van der Waals surface area contributed by atoms with Crippen LogP contribution in [0.1, 0.15) is 32.1 Å². The van der Waals surface area contributed by atoms with Gasteiger partial charge in [-0.25, -0.2) is 0 Å². The molecule has 1 unspecified atom stereocenters. The van der Waals surface area contributed by atoms with Crippen molar-refractivity contribution in [3.05, 3.63) is 24.3 Å². The van der Waals surface area contributed by atoms with E-state index in [1.54, 1.807) is 0 Å². The number of fused-ring (bicyclic) bond motifs is 1. The summed E-state index contributed by atoms with van der Waals surface area (Å²) < 4.78 is 5.87. The molecule has 1 saturated heterocycles. The summed E-state index contributed by atoms with van der Waals surface area (Å²) in [7, 11) is 0. The van der Waals surface area contributed by atoms with Crippen molar-refractivity contribution < 1.29 is 9.52 Å². The zero-order valence-electron chi connectivity index (χ0n) is 14.2. The number of aliphatic hydroxyl groups is 1. The Balaban J connectivity index is 1.31. The van der Waals surface area contributed by atoms with Crippen LogP contribution in [0, 0.1) is 5.92 Å². The first kappa shape index (κ1) is 15.9. The highest BCUT2D eigenvalue weighted by Crippen LogP contribution is 2.27. The second kappa shape index (κ2) is 7.11. The number of anilines is 1. The van der Waals surface area contributed by atoms with Gasteiger partial charge >= 0.3 is 0 Å². The smallest absolute Gasteiger partial charge is 0.298 e. The van der Waals surface area contributed by atoms with Gasteiger partial charge in [-0.2, -0.15) is 4.98 Å². The highest BCUT2D eigenvalue weighted by Gasteiger charge is 2.26. The summed E-state index contributed by atoms with van der Waals surface area (Å²) in [6, 6.07) is 8.63. The normalized spacial score (nSPS) is 22.1. The van der Waals surface area contributed by atoms with E-state index in [4.69, 9.17) is 4.42 Å². The highest BCUT2D eigenvalue weighted by molar-refractivity contribution is 5.74. The Morgan fingerprint density at radius 2 is 1.83 bits per heavy atom. The van der Waals surface area contributed by atoms with Gasteiger partial charge in [0.15, 0.2) is 5.58 Å². The minimum Gasteiger partial charge on any atom is -0.423 e. The number of hydrogen-bond donors (Lipinski definition) is 1. The third kappa shape index (κ3) is 3.42. The van der Waals surface area contributed by atoms with Gasteiger partial charge in [-0.05, 0) is 30.9 Å². The number of nitrogens with zero attached hydrogens (tertiary/aromatic N) is 3. The van der Waals surface area contributed by atoms with Crippen LogP contribution in [-0.2, 0) is 0 Å². The maximum atomic E-state index is 10.5. The Bertz CT molecular complexity index is 624. The first-order valence-electron chi connectivity index (χ1n) is 9.30. The Morgan fingerprint density at radius 3 is 2.58 bits per heavy atom. The van der Waals surface area contributed by atoms with Crippen LogP contribution in [-0.4, -0.2) is 53.8 Å². The van der Waals surface area contributed by atoms with Crippen molar-refractivity contribution in [3.8, 4) is 0 Å². The first-order chi connectivity index (χ1) is 11.8. The molecule has 1 aromatic carbocycles. The van der Waals surface area contributed by atoms with Gasteiger partial charge in [-0.1, -0.05) is 31.4 Å². The number of rotatable bonds is 4. The number of oxazole rings is 1. The number of β-amino-alcohol motifs (C(OH)–C–C–N with tert-alkyl or cyclic N) is 1. The van der Waals surface area contributed by atoms with E-state index >= 15 is 0 Å². The molecule has 2 aliphatic rings. The maximum absolute atomic E-state index is 10.5. The molecule has 1 saturated carbocycles. The van der Waals surface area contributed by atoms with Crippen molar-refractivity contribution in [2.45, 2.75) is 38.2 Å². The molecule has 1 aliphatic heterocycles. The minimum absolute atomic E-state index is 0.166. The van der Waals surface area contributed by atoms with Crippen molar-refractivity contribution in [2.75, 3.05) is 37.6 Å². The first-order valence-corrected chi connectivity index (χ1v) is 9.30. The third-order valence-electron chi connectivity index (χ3n) is 5.56. The van der Waals surface area contributed by atoms with Crippen molar-refractivity contribution in [1.29, 1.82) is 0 Å². The van der Waals surface area contributed by atoms with Crippen LogP contribution in [0.5, 0.6) is 0 Å². The maximum Gasteiger partial charge on any atom is 0.298 e. The second-order valence-corrected chi connectivity index (χ2v) is 7.22. The molecule has 0 bridgehead atoms. The molecule has 2 heterocycles. The molecule has 0 amide bonds. The van der Waals surface area contributed by atoms with Crippen LogP contribution in [0.3, 0.4) is 0 Å². The lowest BCUT2D eigenvalue weighted by Gasteiger charge is -2.36. The van der Waals surface area contributed by atoms with E-state index in [9.17, 15) is 5.11 Å². The van der Waals surface area contributed by atoms with Crippen LogP contribution in [0.25, 0.3) is 11.1 Å². The van der Waals surface area contributed by atoms with Gasteiger partial charge in [0.1, 0.15) is 5.52 Å². The summed E-state index contributed by atoms with van der Waals surface area (Å²) in [5.41, 5.74) is 1.77. The molecule has 1 aliphatic carbocycles. The molecule has 130 valence electrons. The summed E-state index contributed by atoms with van der Waals surface area (Å²) in [5.74, 6) is 0.508. The van der Waals surface area contributed by atoms with Crippen molar-refractivity contribution in [1.82, 2.24) is 9.88 Å². The Kier molecular flexibility index (Phi) is 4.72. The Labute approximate surface area is 143 Å². The van der Waals surface area contributed by atoms with Crippen LogP contribution >= 0.6 is 0 Å². The topological polar surface area (TPSA) is 52.7 Å². The zero-order chi connectivity index (χ0) is 16.4. The summed E-state index contributed by atoms with van der Waals surface area (Å²) in [6.45, 7) is 4.55. The summed E-state index contributed by atoms with van der Waals surface area (Å²) >= 11 is 0. The average Bonchev–Trinajstić information content (AvgIpc) is 3.07. The molecule has 0 radical (unpaired) electrons. The van der Waals surface area contributed by atoms with Gasteiger partial charge < -0.3 is 14.4 Å². The van der Waals surface area contributed by atoms with Gasteiger partial charge in [0.2, 0.25) is 0 Å². The van der Waals surface area contributed by atoms with Crippen molar-refractivity contribution in [2.24, 2.45) is 5.92 Å². The van der Waals surface area contributed by atoms with Gasteiger partial charge in [-0.15, -0.1) is 0 Å². The predicted octanol–water partition coefficient (Wildman–Crippen LogP) is 2.89. The Morgan fingerprint density at radius 1 is 1.08 bits per heavy atom. The van der Waals surface area contributed by atoms with Gasteiger partial charge in [-0.3, -0.25) is 4.90 Å². The molecule has 4 rings (SSSR count). The number of piperazine rings is 1. The molecule has 1 atom stereocenters. The number of aromatic nitrogens is 1. The lowest BCUT2D eigenvalue weighted by Crippen LogP contribution is -2.49. The molecule has 24 heavy (non-hydrogen) atoms. The molecule has 1 aromatic heterocycles. The van der Waals surface area contributed by atoms with Crippen LogP contribution in [0.15, 0.2) is 28.7 Å². The summed E-state index contributed by atoms with van der Waals surface area (Å²) in [5, 5.41) is 10.5. The number of benzene rings is 1. The SMILES string of the molecule is OC(CN1CCN(c2nc3ccccc3o2)CC1)C1CCCCC1. The molecule has 5 heteroatoms. The lowest BCUT2D eigenvalue weighted by molar-refractivity contribution is 0.0457. The fourth-order valence-corrected chi connectivity index (χ4v) is 4.05. The molecular weight excluding hydrogens is 302 g/mol. The standard InChI is InChI=1S/C19H27N3O2/c23-17(15-6-2-1-3-7-15)14-21-10-12-22(13-11-21)19-20-16-8-4-5-9-18(16)24-19/h4-5,8-9,15,17,23H,1-3,6-7,10-14H2. The fourth-order valence-electron chi connectivity index (χ4n) is 4.05. The van der Waals surface area contributed by atoms with Crippen molar-refractivity contribution in [3.63, 3.8) is 0 Å². The largest absolute Gasteiger partial charge is 0.423 e. The summed E-state index contributed by atoms with van der Waals surface area (Å²) in [4.78, 5) is 9.19. The quantitative estimate of drug-likeness (QED) is 0.935. The number of para-hydroxylation sites is 2. The van der Waals surface area contributed by atoms with Crippen molar-refractivity contribution >= 4 is 17.1 Å². The van der Waals surface area contributed by atoms with E-state index in [1.165, 1.54) is 32.1 Å². The molecule has 0 spiro atoms. The van der Waals surface area contributed by atoms with E-state index in [1.807, 2.05) is 24.3 Å². The van der Waals surface area contributed by atoms with E-state index in [0.29, 0.717) is 5.92 Å². The molecule has 1 N–H and O–H groups in total. The van der Waals surface area contributed by atoms with Crippen LogP contribution in [0.4, 0.5) is 6.01 Å². The minimum atomic E-state index is -0.166.